The van der Waals surface area contributed by atoms with Gasteiger partial charge >= 0.3 is 6.09 Å². The van der Waals surface area contributed by atoms with Crippen molar-refractivity contribution < 1.29 is 9.53 Å². The average Bonchev–Trinajstić information content (AvgIpc) is 3.07. The summed E-state index contributed by atoms with van der Waals surface area (Å²) in [6, 6.07) is 7.91. The molecule has 0 aliphatic heterocycles. The van der Waals surface area contributed by atoms with Crippen molar-refractivity contribution in [2.45, 2.75) is 13.5 Å². The van der Waals surface area contributed by atoms with Crippen LogP contribution in [0, 0.1) is 6.92 Å². The van der Waals surface area contributed by atoms with Crippen molar-refractivity contribution in [2.24, 2.45) is 0 Å². The van der Waals surface area contributed by atoms with Crippen LogP contribution < -0.4 is 10.9 Å². The van der Waals surface area contributed by atoms with Crippen LogP contribution in [-0.4, -0.2) is 37.9 Å². The number of nitrogens with one attached hydrogen (secondary N) is 2. The number of pyridine rings is 1. The predicted molar refractivity (Wildman–Crippen MR) is 99.8 cm³/mol. The molecule has 3 aromatic heterocycles. The number of carbonyl (C=O) groups is 1. The van der Waals surface area contributed by atoms with E-state index in [2.05, 4.69) is 30.1 Å². The lowest BCUT2D eigenvalue weighted by Crippen LogP contribution is -2.19. The number of hydrogen-bond acceptors (Lipinski definition) is 6. The first-order chi connectivity index (χ1) is 13.1. The Kier molecular flexibility index (Phi) is 4.03. The van der Waals surface area contributed by atoms with Gasteiger partial charge in [-0.2, -0.15) is 5.10 Å². The fraction of sp³-hybridized carbons (Fsp3) is 0.167. The number of hydrogen-bond donors (Lipinski definition) is 2. The van der Waals surface area contributed by atoms with Gasteiger partial charge in [0.1, 0.15) is 5.52 Å². The van der Waals surface area contributed by atoms with Crippen LogP contribution in [0.25, 0.3) is 21.9 Å². The molecule has 9 heteroatoms. The molecule has 0 spiro atoms. The van der Waals surface area contributed by atoms with Gasteiger partial charge in [0.2, 0.25) is 5.95 Å². The first kappa shape index (κ1) is 16.7. The molecule has 0 aliphatic carbocycles. The number of methoxy groups -OCH3 is 1. The van der Waals surface area contributed by atoms with Gasteiger partial charge in [-0.1, -0.05) is 18.2 Å². The third-order valence-corrected chi connectivity index (χ3v) is 4.30. The lowest BCUT2D eigenvalue weighted by atomic mass is 10.0. The third kappa shape index (κ3) is 2.99. The standard InChI is InChI=1S/C18H16N6O3/c1-10-5-6-11(14-12(10)4-3-7-19-14)9-24-15-13(8-20-24)21-17(22-16(15)25)23-18(26)27-2/h3-8H,9H2,1-2H3,(H2,21,22,23,25,26). The average molecular weight is 364 g/mol. The summed E-state index contributed by atoms with van der Waals surface area (Å²) < 4.78 is 6.07. The normalized spacial score (nSPS) is 11.0. The number of aryl methyl sites for hydroxylation is 1. The number of aromatic nitrogens is 5. The maximum atomic E-state index is 12.5. The fourth-order valence-electron chi connectivity index (χ4n) is 3.00. The highest BCUT2D eigenvalue weighted by Gasteiger charge is 2.14. The molecule has 0 saturated heterocycles. The minimum atomic E-state index is -0.720. The summed E-state index contributed by atoms with van der Waals surface area (Å²) in [5, 5.41) is 7.68. The maximum absolute atomic E-state index is 12.5. The van der Waals surface area contributed by atoms with Gasteiger partial charge < -0.3 is 4.74 Å². The number of anilines is 1. The van der Waals surface area contributed by atoms with Crippen molar-refractivity contribution in [3.63, 3.8) is 0 Å². The number of ether oxygens (including phenoxy) is 1. The van der Waals surface area contributed by atoms with E-state index in [4.69, 9.17) is 0 Å². The second-order valence-corrected chi connectivity index (χ2v) is 6.01. The third-order valence-electron chi connectivity index (χ3n) is 4.30. The summed E-state index contributed by atoms with van der Waals surface area (Å²) >= 11 is 0. The molecule has 4 aromatic rings. The first-order valence-electron chi connectivity index (χ1n) is 8.21. The van der Waals surface area contributed by atoms with Crippen LogP contribution in [-0.2, 0) is 11.3 Å². The predicted octanol–water partition coefficient (Wildman–Crippen LogP) is 2.20. The molecular weight excluding hydrogens is 348 g/mol. The fourth-order valence-corrected chi connectivity index (χ4v) is 3.00. The molecule has 1 amide bonds. The van der Waals surface area contributed by atoms with Crippen molar-refractivity contribution in [2.75, 3.05) is 12.4 Å². The number of nitrogens with zero attached hydrogens (tertiary/aromatic N) is 4. The maximum Gasteiger partial charge on any atom is 0.413 e. The molecular formula is C18H16N6O3. The summed E-state index contributed by atoms with van der Waals surface area (Å²) in [7, 11) is 1.23. The zero-order valence-corrected chi connectivity index (χ0v) is 14.7. The molecule has 0 bridgehead atoms. The second kappa shape index (κ2) is 6.52. The van der Waals surface area contributed by atoms with E-state index in [1.165, 1.54) is 13.3 Å². The van der Waals surface area contributed by atoms with E-state index in [-0.39, 0.29) is 5.95 Å². The van der Waals surface area contributed by atoms with Gasteiger partial charge in [0, 0.05) is 11.6 Å². The summed E-state index contributed by atoms with van der Waals surface area (Å²) in [5.41, 5.74) is 3.22. The van der Waals surface area contributed by atoms with Crippen LogP contribution in [0.2, 0.25) is 0 Å². The summed E-state index contributed by atoms with van der Waals surface area (Å²) in [5.74, 6) is 0.00125. The van der Waals surface area contributed by atoms with E-state index >= 15 is 0 Å². The van der Waals surface area contributed by atoms with Crippen LogP contribution in [0.1, 0.15) is 11.1 Å². The van der Waals surface area contributed by atoms with Gasteiger partial charge in [-0.05, 0) is 24.1 Å². The van der Waals surface area contributed by atoms with E-state index in [0.29, 0.717) is 17.6 Å². The van der Waals surface area contributed by atoms with E-state index in [9.17, 15) is 9.59 Å². The second-order valence-electron chi connectivity index (χ2n) is 6.01. The Morgan fingerprint density at radius 2 is 2.19 bits per heavy atom. The zero-order chi connectivity index (χ0) is 19.0. The van der Waals surface area contributed by atoms with Crippen LogP contribution in [0.15, 0.2) is 41.5 Å². The minimum absolute atomic E-state index is 0.00125. The quantitative estimate of drug-likeness (QED) is 0.576. The molecule has 2 N–H and O–H groups in total. The van der Waals surface area contributed by atoms with E-state index in [1.807, 2.05) is 31.2 Å². The Hall–Kier alpha value is -3.75. The highest BCUT2D eigenvalue weighted by atomic mass is 16.5. The Balaban J connectivity index is 1.77. The molecule has 0 fully saturated rings. The van der Waals surface area contributed by atoms with Crippen molar-refractivity contribution in [3.05, 3.63) is 58.1 Å². The van der Waals surface area contributed by atoms with Gasteiger partial charge in [0.15, 0.2) is 5.52 Å². The largest absolute Gasteiger partial charge is 0.453 e. The molecule has 3 heterocycles. The first-order valence-corrected chi connectivity index (χ1v) is 8.21. The number of rotatable bonds is 3. The lowest BCUT2D eigenvalue weighted by molar-refractivity contribution is 0.186. The number of carbonyl (C=O) groups excluding carboxylic acids is 1. The van der Waals surface area contributed by atoms with Crippen LogP contribution >= 0.6 is 0 Å². The minimum Gasteiger partial charge on any atom is -0.453 e. The number of benzene rings is 1. The van der Waals surface area contributed by atoms with E-state index in [0.717, 1.165) is 22.0 Å². The summed E-state index contributed by atoms with van der Waals surface area (Å²) in [6.07, 6.45) is 2.50. The number of fused-ring (bicyclic) bond motifs is 2. The topological polar surface area (TPSA) is 115 Å². The van der Waals surface area contributed by atoms with Gasteiger partial charge in [-0.3, -0.25) is 24.8 Å². The molecule has 0 unspecified atom stereocenters. The molecule has 27 heavy (non-hydrogen) atoms. The smallest absolute Gasteiger partial charge is 0.413 e. The summed E-state index contributed by atoms with van der Waals surface area (Å²) in [6.45, 7) is 2.40. The summed E-state index contributed by atoms with van der Waals surface area (Å²) in [4.78, 5) is 35.0. The monoisotopic (exact) mass is 364 g/mol. The van der Waals surface area contributed by atoms with Crippen LogP contribution in [0.5, 0.6) is 0 Å². The highest BCUT2D eigenvalue weighted by Crippen LogP contribution is 2.21. The molecule has 4 rings (SSSR count). The number of amides is 1. The highest BCUT2D eigenvalue weighted by molar-refractivity contribution is 5.85. The Morgan fingerprint density at radius 3 is 3.00 bits per heavy atom. The molecule has 1 aromatic carbocycles. The Labute approximate surface area is 153 Å². The molecule has 0 radical (unpaired) electrons. The van der Waals surface area contributed by atoms with Gasteiger partial charge in [0.25, 0.3) is 5.56 Å². The molecule has 0 aliphatic rings. The van der Waals surface area contributed by atoms with Crippen LogP contribution in [0.3, 0.4) is 0 Å². The number of aromatic amines is 1. The molecule has 0 saturated carbocycles. The zero-order valence-electron chi connectivity index (χ0n) is 14.7. The SMILES string of the molecule is COC(=O)Nc1nc2cnn(Cc3ccc(C)c4cccnc34)c2c(=O)[nH]1. The molecule has 136 valence electrons. The van der Waals surface area contributed by atoms with Crippen molar-refractivity contribution in [3.8, 4) is 0 Å². The Morgan fingerprint density at radius 1 is 1.33 bits per heavy atom. The van der Waals surface area contributed by atoms with Gasteiger partial charge in [0.05, 0.1) is 25.4 Å². The van der Waals surface area contributed by atoms with E-state index in [1.54, 1.807) is 10.9 Å². The van der Waals surface area contributed by atoms with Crippen LogP contribution in [0.4, 0.5) is 10.7 Å². The van der Waals surface area contributed by atoms with Crippen molar-refractivity contribution in [1.82, 2.24) is 24.7 Å². The Bertz CT molecular complexity index is 1230. The van der Waals surface area contributed by atoms with Crippen molar-refractivity contribution in [1.29, 1.82) is 0 Å². The molecule has 0 atom stereocenters. The lowest BCUT2D eigenvalue weighted by Gasteiger charge is -2.09. The number of H-pyrrole nitrogens is 1. The molecule has 9 nitrogen and oxygen atoms in total. The van der Waals surface area contributed by atoms with Gasteiger partial charge in [-0.25, -0.2) is 9.78 Å². The van der Waals surface area contributed by atoms with Crippen molar-refractivity contribution >= 4 is 34.0 Å². The van der Waals surface area contributed by atoms with Gasteiger partial charge in [-0.15, -0.1) is 0 Å². The van der Waals surface area contributed by atoms with E-state index < -0.39 is 11.7 Å².